The van der Waals surface area contributed by atoms with Gasteiger partial charge in [0.05, 0.1) is 17.4 Å². The van der Waals surface area contributed by atoms with Crippen molar-refractivity contribution in [3.8, 4) is 6.07 Å². The number of aromatic nitrogens is 1. The van der Waals surface area contributed by atoms with E-state index in [1.807, 2.05) is 0 Å². The first-order valence-electron chi connectivity index (χ1n) is 6.34. The highest BCUT2D eigenvalue weighted by Gasteiger charge is 2.18. The Morgan fingerprint density at radius 2 is 2.28 bits per heavy atom. The van der Waals surface area contributed by atoms with E-state index in [-0.39, 0.29) is 0 Å². The first kappa shape index (κ1) is 12.7. The molecule has 5 heteroatoms. The molecule has 1 aliphatic heterocycles. The van der Waals surface area contributed by atoms with Crippen LogP contribution in [-0.4, -0.2) is 35.6 Å². The molecule has 0 aromatic carbocycles. The second kappa shape index (κ2) is 5.69. The van der Waals surface area contributed by atoms with Gasteiger partial charge in [-0.1, -0.05) is 0 Å². The van der Waals surface area contributed by atoms with Crippen molar-refractivity contribution >= 4 is 11.5 Å². The summed E-state index contributed by atoms with van der Waals surface area (Å²) in [5.74, 6) is 0.623. The third-order valence-electron chi connectivity index (χ3n) is 3.36. The fourth-order valence-electron chi connectivity index (χ4n) is 2.26. The Morgan fingerprint density at radius 1 is 1.56 bits per heavy atom. The number of nitriles is 1. The average Bonchev–Trinajstić information content (AvgIpc) is 2.90. The Hall–Kier alpha value is -1.80. The number of rotatable bonds is 4. The maximum atomic E-state index is 9.02. The van der Waals surface area contributed by atoms with Gasteiger partial charge in [0.25, 0.3) is 0 Å². The predicted molar refractivity (Wildman–Crippen MR) is 72.1 cm³/mol. The van der Waals surface area contributed by atoms with E-state index in [9.17, 15) is 0 Å². The molecule has 0 bridgehead atoms. The third-order valence-corrected chi connectivity index (χ3v) is 3.36. The maximum absolute atomic E-state index is 9.02. The molecule has 1 aliphatic rings. The Balaban J connectivity index is 1.95. The van der Waals surface area contributed by atoms with Crippen molar-refractivity contribution in [3.05, 3.63) is 17.8 Å². The van der Waals surface area contributed by atoms with Crippen LogP contribution in [0.15, 0.2) is 12.3 Å². The molecule has 18 heavy (non-hydrogen) atoms. The normalized spacial score (nSPS) is 17.3. The number of hydrogen-bond donors (Lipinski definition) is 2. The van der Waals surface area contributed by atoms with Crippen LogP contribution in [-0.2, 0) is 0 Å². The second-order valence-electron chi connectivity index (χ2n) is 4.75. The Kier molecular flexibility index (Phi) is 4.00. The zero-order valence-corrected chi connectivity index (χ0v) is 10.7. The molecule has 1 aromatic heterocycles. The smallest absolute Gasteiger partial charge is 0.144 e. The fraction of sp³-hybridized carbons (Fsp3) is 0.538. The van der Waals surface area contributed by atoms with Gasteiger partial charge in [-0.2, -0.15) is 5.26 Å². The van der Waals surface area contributed by atoms with Gasteiger partial charge in [0.2, 0.25) is 0 Å². The SMILES string of the molecule is CC(CNc1ncc(N)cc1C#N)N1CCCC1. The fourth-order valence-corrected chi connectivity index (χ4v) is 2.26. The van der Waals surface area contributed by atoms with Crippen LogP contribution in [0.3, 0.4) is 0 Å². The minimum Gasteiger partial charge on any atom is -0.397 e. The molecule has 0 aliphatic carbocycles. The first-order valence-corrected chi connectivity index (χ1v) is 6.34. The van der Waals surface area contributed by atoms with Crippen LogP contribution in [0.1, 0.15) is 25.3 Å². The van der Waals surface area contributed by atoms with Crippen LogP contribution in [0.4, 0.5) is 11.5 Å². The molecule has 3 N–H and O–H groups in total. The van der Waals surface area contributed by atoms with E-state index in [1.54, 1.807) is 12.3 Å². The first-order chi connectivity index (χ1) is 8.70. The van der Waals surface area contributed by atoms with Crippen LogP contribution in [0.5, 0.6) is 0 Å². The summed E-state index contributed by atoms with van der Waals surface area (Å²) in [4.78, 5) is 6.63. The minimum absolute atomic E-state index is 0.457. The lowest BCUT2D eigenvalue weighted by molar-refractivity contribution is 0.269. The molecule has 2 rings (SSSR count). The van der Waals surface area contributed by atoms with Crippen LogP contribution >= 0.6 is 0 Å². The number of hydrogen-bond acceptors (Lipinski definition) is 5. The highest BCUT2D eigenvalue weighted by Crippen LogP contribution is 2.16. The Labute approximate surface area is 108 Å². The van der Waals surface area contributed by atoms with Crippen molar-refractivity contribution < 1.29 is 0 Å². The Bertz CT molecular complexity index is 445. The molecule has 1 atom stereocenters. The second-order valence-corrected chi connectivity index (χ2v) is 4.75. The topological polar surface area (TPSA) is 78.0 Å². The van der Waals surface area contributed by atoms with Crippen LogP contribution < -0.4 is 11.1 Å². The van der Waals surface area contributed by atoms with Crippen molar-refractivity contribution in [3.63, 3.8) is 0 Å². The number of likely N-dealkylation sites (tertiary alicyclic amines) is 1. The zero-order valence-electron chi connectivity index (χ0n) is 10.7. The van der Waals surface area contributed by atoms with Gasteiger partial charge in [-0.05, 0) is 38.9 Å². The summed E-state index contributed by atoms with van der Waals surface area (Å²) in [5, 5.41) is 12.3. The van der Waals surface area contributed by atoms with Crippen LogP contribution in [0.2, 0.25) is 0 Å². The van der Waals surface area contributed by atoms with Crippen molar-refractivity contribution in [2.75, 3.05) is 30.7 Å². The van der Waals surface area contributed by atoms with Crippen LogP contribution in [0.25, 0.3) is 0 Å². The standard InChI is InChI=1S/C13H19N5/c1-10(18-4-2-3-5-18)8-16-13-11(7-14)6-12(15)9-17-13/h6,9-10H,2-5,8,15H2,1H3,(H,16,17). The zero-order chi connectivity index (χ0) is 13.0. The van der Waals surface area contributed by atoms with Gasteiger partial charge in [-0.3, -0.25) is 4.90 Å². The molecule has 0 spiro atoms. The van der Waals surface area contributed by atoms with Crippen molar-refractivity contribution in [1.29, 1.82) is 5.26 Å². The van der Waals surface area contributed by atoms with E-state index in [0.717, 1.165) is 6.54 Å². The van der Waals surface area contributed by atoms with E-state index < -0.39 is 0 Å². The molecule has 2 heterocycles. The van der Waals surface area contributed by atoms with Gasteiger partial charge in [0.1, 0.15) is 11.9 Å². The van der Waals surface area contributed by atoms with Crippen molar-refractivity contribution in [1.82, 2.24) is 9.88 Å². The van der Waals surface area contributed by atoms with Crippen molar-refractivity contribution in [2.24, 2.45) is 0 Å². The Morgan fingerprint density at radius 3 is 2.94 bits per heavy atom. The van der Waals surface area contributed by atoms with Crippen LogP contribution in [0, 0.1) is 11.3 Å². The van der Waals surface area contributed by atoms with E-state index in [2.05, 4.69) is 28.2 Å². The summed E-state index contributed by atoms with van der Waals surface area (Å²) in [6.07, 6.45) is 4.14. The molecule has 5 nitrogen and oxygen atoms in total. The predicted octanol–water partition coefficient (Wildman–Crippen LogP) is 1.43. The van der Waals surface area contributed by atoms with Gasteiger partial charge in [-0.25, -0.2) is 4.98 Å². The molecule has 96 valence electrons. The molecule has 0 saturated carbocycles. The quantitative estimate of drug-likeness (QED) is 0.839. The third kappa shape index (κ3) is 2.90. The number of anilines is 2. The van der Waals surface area contributed by atoms with Gasteiger partial charge in [-0.15, -0.1) is 0 Å². The monoisotopic (exact) mass is 245 g/mol. The number of nitrogens with two attached hydrogens (primary N) is 1. The molecular weight excluding hydrogens is 226 g/mol. The lowest BCUT2D eigenvalue weighted by Crippen LogP contribution is -2.35. The molecule has 1 saturated heterocycles. The van der Waals surface area contributed by atoms with Gasteiger partial charge >= 0.3 is 0 Å². The summed E-state index contributed by atoms with van der Waals surface area (Å²) in [5.41, 5.74) is 6.63. The number of nitrogens with one attached hydrogen (secondary N) is 1. The number of pyridine rings is 1. The van der Waals surface area contributed by atoms with Gasteiger partial charge in [0.15, 0.2) is 0 Å². The van der Waals surface area contributed by atoms with E-state index in [1.165, 1.54) is 25.9 Å². The summed E-state index contributed by atoms with van der Waals surface area (Å²) in [6.45, 7) is 5.33. The molecule has 1 unspecified atom stereocenters. The van der Waals surface area contributed by atoms with Gasteiger partial charge < -0.3 is 11.1 Å². The molecular formula is C13H19N5. The summed E-state index contributed by atoms with van der Waals surface area (Å²) in [7, 11) is 0. The van der Waals surface area contributed by atoms with E-state index in [4.69, 9.17) is 11.0 Å². The highest BCUT2D eigenvalue weighted by atomic mass is 15.2. The van der Waals surface area contributed by atoms with Gasteiger partial charge in [0, 0.05) is 12.6 Å². The summed E-state index contributed by atoms with van der Waals surface area (Å²) >= 11 is 0. The molecule has 0 radical (unpaired) electrons. The summed E-state index contributed by atoms with van der Waals surface area (Å²) < 4.78 is 0. The number of nitrogens with zero attached hydrogens (tertiary/aromatic N) is 3. The number of nitrogen functional groups attached to an aromatic ring is 1. The lowest BCUT2D eigenvalue weighted by atomic mass is 10.2. The molecule has 1 aromatic rings. The average molecular weight is 245 g/mol. The van der Waals surface area contributed by atoms with E-state index in [0.29, 0.717) is 23.1 Å². The molecule has 0 amide bonds. The minimum atomic E-state index is 0.457. The highest BCUT2D eigenvalue weighted by molar-refractivity contribution is 5.57. The maximum Gasteiger partial charge on any atom is 0.144 e. The van der Waals surface area contributed by atoms with E-state index >= 15 is 0 Å². The summed E-state index contributed by atoms with van der Waals surface area (Å²) in [6, 6.07) is 4.22. The lowest BCUT2D eigenvalue weighted by Gasteiger charge is -2.24. The largest absolute Gasteiger partial charge is 0.397 e. The molecule has 1 fully saturated rings. The van der Waals surface area contributed by atoms with Crippen molar-refractivity contribution in [2.45, 2.75) is 25.8 Å².